The van der Waals surface area contributed by atoms with Crippen LogP contribution in [-0.4, -0.2) is 161 Å². The third kappa shape index (κ3) is 12.2. The molecule has 74 heavy (non-hydrogen) atoms. The number of nitrogens with zero attached hydrogens (tertiary/aromatic N) is 4. The number of methoxy groups -OCH3 is 2. The summed E-state index contributed by atoms with van der Waals surface area (Å²) in [5.74, 6) is -4.93. The molecule has 6 aliphatic rings. The van der Waals surface area contributed by atoms with E-state index in [9.17, 15) is 48.3 Å². The van der Waals surface area contributed by atoms with Gasteiger partial charge in [-0.1, -0.05) is 42.3 Å². The Morgan fingerprint density at radius 2 is 1.70 bits per heavy atom. The Labute approximate surface area is 438 Å². The highest BCUT2D eigenvalue weighted by Crippen LogP contribution is 2.49. The van der Waals surface area contributed by atoms with Crippen LogP contribution in [-0.2, 0) is 68.6 Å². The molecule has 9 atom stereocenters. The first-order valence-electron chi connectivity index (χ1n) is 24.9. The molecule has 0 spiro atoms. The van der Waals surface area contributed by atoms with Crippen molar-refractivity contribution >= 4 is 82.5 Å². The van der Waals surface area contributed by atoms with E-state index in [1.54, 1.807) is 38.1 Å². The lowest BCUT2D eigenvalue weighted by Gasteiger charge is -2.42. The van der Waals surface area contributed by atoms with Gasteiger partial charge in [-0.05, 0) is 76.5 Å². The Balaban J connectivity index is 0.986. The third-order valence-electron chi connectivity index (χ3n) is 15.2. The number of esters is 1. The van der Waals surface area contributed by atoms with Gasteiger partial charge in [0.15, 0.2) is 5.72 Å². The number of allylic oxidation sites excluding steroid dienone is 3. The molecule has 2 N–H and O–H groups in total. The van der Waals surface area contributed by atoms with Crippen molar-refractivity contribution in [2.75, 3.05) is 45.5 Å². The van der Waals surface area contributed by atoms with Crippen LogP contribution >= 0.6 is 23.4 Å². The van der Waals surface area contributed by atoms with Gasteiger partial charge in [0, 0.05) is 71.5 Å². The molecule has 5 heterocycles. The summed E-state index contributed by atoms with van der Waals surface area (Å²) >= 11 is 7.98. The van der Waals surface area contributed by atoms with E-state index in [0.29, 0.717) is 48.6 Å². The number of hydrogen-bond acceptors (Lipinski definition) is 17. The highest BCUT2D eigenvalue weighted by molar-refractivity contribution is 8.00. The monoisotopic (exact) mass is 1070 g/mol. The molecular weight excluding hydrogens is 1010 g/mol. The minimum atomic E-state index is -1.89. The number of ether oxygens (including phenoxy) is 5. The summed E-state index contributed by atoms with van der Waals surface area (Å²) in [6.45, 7) is 6.99. The number of imide groups is 2. The molecular formula is C51H66ClN5O16S. The van der Waals surface area contributed by atoms with Gasteiger partial charge >= 0.3 is 18.0 Å². The summed E-state index contributed by atoms with van der Waals surface area (Å²) in [5.41, 5.74) is -1.23. The van der Waals surface area contributed by atoms with Gasteiger partial charge in [0.25, 0.3) is 11.8 Å². The molecule has 404 valence electrons. The summed E-state index contributed by atoms with van der Waals surface area (Å²) < 4.78 is 29.4. The van der Waals surface area contributed by atoms with Gasteiger partial charge in [-0.2, -0.15) is 0 Å². The Kier molecular flexibility index (Phi) is 17.6. The number of anilines is 1. The van der Waals surface area contributed by atoms with Gasteiger partial charge in [0.1, 0.15) is 40.7 Å². The summed E-state index contributed by atoms with van der Waals surface area (Å²) in [5, 5.41) is 14.4. The molecule has 1 saturated carbocycles. The van der Waals surface area contributed by atoms with Crippen molar-refractivity contribution in [3.63, 3.8) is 0 Å². The van der Waals surface area contributed by atoms with Crippen molar-refractivity contribution in [1.82, 2.24) is 20.2 Å². The zero-order valence-electron chi connectivity index (χ0n) is 42.9. The van der Waals surface area contributed by atoms with Crippen molar-refractivity contribution in [3.05, 3.63) is 46.5 Å². The number of carbonyl (C=O) groups is 9. The third-order valence-corrected chi connectivity index (χ3v) is 16.8. The molecule has 4 saturated heterocycles. The van der Waals surface area contributed by atoms with E-state index < -0.39 is 107 Å². The van der Waals surface area contributed by atoms with Crippen molar-refractivity contribution in [1.29, 1.82) is 0 Å². The number of amides is 7. The SMILES string of the molecule is COc1cc2cc(c1Cl)N(C)C(=O)C[C@@H](OC(=O)[C@H](C)N(C)C(=O)CCSC1CC(=O)N(CC3CCC(C(=O)ON4C(=O)CCC4=O)CC3)C1=O)[C@]1(C)OC1[C@H](C)[C@@H]1C[C@@](O)(NC(=O)O1)[C@H](OC)C=CC=C(C)C2. The van der Waals surface area contributed by atoms with E-state index in [-0.39, 0.29) is 67.2 Å². The van der Waals surface area contributed by atoms with E-state index in [1.165, 1.54) is 61.7 Å². The second kappa shape index (κ2) is 23.1. The fourth-order valence-corrected chi connectivity index (χ4v) is 11.7. The molecule has 1 aromatic rings. The fourth-order valence-electron chi connectivity index (χ4n) is 10.3. The molecule has 1 aliphatic carbocycles. The first-order chi connectivity index (χ1) is 35.0. The highest BCUT2D eigenvalue weighted by Gasteiger charge is 2.64. The molecule has 1 aromatic carbocycles. The van der Waals surface area contributed by atoms with Gasteiger partial charge in [-0.3, -0.25) is 39.0 Å². The van der Waals surface area contributed by atoms with E-state index in [1.807, 2.05) is 13.0 Å². The van der Waals surface area contributed by atoms with Crippen LogP contribution in [0, 0.1) is 17.8 Å². The molecule has 0 radical (unpaired) electrons. The minimum absolute atomic E-state index is 0.00240. The Hall–Kier alpha value is -5.55. The number of likely N-dealkylation sites (N-methyl/N-ethyl adjacent to an activating group) is 1. The number of rotatable bonds is 13. The van der Waals surface area contributed by atoms with Gasteiger partial charge in [0.2, 0.25) is 23.6 Å². The summed E-state index contributed by atoms with van der Waals surface area (Å²) in [4.78, 5) is 127. The second-order valence-corrected chi connectivity index (χ2v) is 22.0. The predicted octanol–water partition coefficient (Wildman–Crippen LogP) is 4.18. The van der Waals surface area contributed by atoms with Crippen LogP contribution in [0.15, 0.2) is 35.9 Å². The van der Waals surface area contributed by atoms with Crippen molar-refractivity contribution in [3.8, 4) is 5.75 Å². The first kappa shape index (κ1) is 56.2. The number of hydroxylamine groups is 2. The van der Waals surface area contributed by atoms with E-state index in [4.69, 9.17) is 40.1 Å². The molecule has 0 aromatic heterocycles. The molecule has 7 amide bonds. The number of alkyl carbamates (subject to hydrolysis) is 1. The molecule has 5 fully saturated rings. The number of benzene rings is 1. The number of hydrogen-bond donors (Lipinski definition) is 2. The summed E-state index contributed by atoms with van der Waals surface area (Å²) in [6.07, 6.45) is 2.04. The highest BCUT2D eigenvalue weighted by atomic mass is 35.5. The number of epoxide rings is 1. The largest absolute Gasteiger partial charge is 0.495 e. The van der Waals surface area contributed by atoms with Gasteiger partial charge in [-0.15, -0.1) is 16.8 Å². The Morgan fingerprint density at radius 1 is 1.01 bits per heavy atom. The fraction of sp³-hybridized carbons (Fsp3) is 0.627. The maximum absolute atomic E-state index is 14.4. The zero-order valence-corrected chi connectivity index (χ0v) is 44.5. The quantitative estimate of drug-likeness (QED) is 0.160. The van der Waals surface area contributed by atoms with E-state index in [2.05, 4.69) is 5.32 Å². The minimum Gasteiger partial charge on any atom is -0.495 e. The molecule has 5 aliphatic heterocycles. The first-order valence-corrected chi connectivity index (χ1v) is 26.3. The lowest BCUT2D eigenvalue weighted by Crippen LogP contribution is -2.63. The van der Waals surface area contributed by atoms with Crippen molar-refractivity contribution < 1.29 is 76.8 Å². The maximum atomic E-state index is 14.4. The van der Waals surface area contributed by atoms with Gasteiger partial charge in [-0.25, -0.2) is 14.4 Å². The number of thioether (sulfide) groups is 1. The second-order valence-electron chi connectivity index (χ2n) is 20.3. The number of nitrogens with one attached hydrogen (secondary N) is 1. The number of fused-ring (bicyclic) bond motifs is 5. The van der Waals surface area contributed by atoms with Gasteiger partial charge in [0.05, 0.1) is 36.5 Å². The number of halogens is 1. The van der Waals surface area contributed by atoms with E-state index >= 15 is 0 Å². The average Bonchev–Trinajstić information content (AvgIpc) is 3.87. The van der Waals surface area contributed by atoms with Crippen LogP contribution in [0.2, 0.25) is 5.02 Å². The topological polar surface area (TPSA) is 258 Å². The lowest BCUT2D eigenvalue weighted by molar-refractivity contribution is -0.201. The van der Waals surface area contributed by atoms with Crippen molar-refractivity contribution in [2.45, 2.75) is 145 Å². The molecule has 21 nitrogen and oxygen atoms in total. The van der Waals surface area contributed by atoms with Crippen LogP contribution < -0.4 is 15.0 Å². The Bertz CT molecular complexity index is 2470. The lowest BCUT2D eigenvalue weighted by atomic mass is 9.82. The summed E-state index contributed by atoms with van der Waals surface area (Å²) in [7, 11) is 5.84. The normalized spacial score (nSPS) is 31.1. The molecule has 23 heteroatoms. The maximum Gasteiger partial charge on any atom is 0.409 e. The van der Waals surface area contributed by atoms with Crippen LogP contribution in [0.5, 0.6) is 5.75 Å². The standard InChI is InChI=1S/C51H66ClN5O16S/c1-27-10-9-11-37(69-8)51(67)25-35(70-49(66)53-51)28(2)45-50(4,72-45)38(24-42(61)55(6)33-21-31(20-27)22-34(68-7)44(33)52)71-47(64)29(3)54(5)39(58)18-19-74-36-23-43(62)56(46(36)63)26-30-12-14-32(15-13-30)48(65)73-57-40(59)16-17-41(57)60/h9-11,21-22,28-30,32,35-38,45,67H,12-20,23-26H2,1-8H3,(H,53,66)/t28-,29+,30?,32?,35+,36?,37-,38-,45?,50+,51+/m1/s1. The smallest absolute Gasteiger partial charge is 0.409 e. The van der Waals surface area contributed by atoms with Crippen LogP contribution in [0.4, 0.5) is 10.5 Å². The zero-order chi connectivity index (χ0) is 54.0. The number of likely N-dealkylation sites (tertiary alicyclic amines) is 1. The molecule has 2 unspecified atom stereocenters. The van der Waals surface area contributed by atoms with Crippen LogP contribution in [0.1, 0.15) is 97.5 Å². The number of carbonyl (C=O) groups excluding carboxylic acids is 9. The predicted molar refractivity (Wildman–Crippen MR) is 266 cm³/mol. The number of aliphatic hydroxyl groups is 1. The Morgan fingerprint density at radius 3 is 2.36 bits per heavy atom. The van der Waals surface area contributed by atoms with Gasteiger partial charge < -0.3 is 43.4 Å². The molecule has 7 rings (SSSR count). The molecule has 4 bridgehead atoms. The summed E-state index contributed by atoms with van der Waals surface area (Å²) in [6, 6.07) is 2.36. The van der Waals surface area contributed by atoms with Crippen molar-refractivity contribution in [2.24, 2.45) is 17.8 Å². The van der Waals surface area contributed by atoms with Crippen LogP contribution in [0.25, 0.3) is 0 Å². The van der Waals surface area contributed by atoms with E-state index in [0.717, 1.165) is 11.1 Å². The average molecular weight is 1070 g/mol. The van der Waals surface area contributed by atoms with Crippen LogP contribution in [0.3, 0.4) is 0 Å².